The molecule has 17 heavy (non-hydrogen) atoms. The van der Waals surface area contributed by atoms with E-state index < -0.39 is 5.82 Å². The van der Waals surface area contributed by atoms with Gasteiger partial charge in [-0.05, 0) is 25.1 Å². The minimum atomic E-state index is -0.392. The van der Waals surface area contributed by atoms with E-state index in [-0.39, 0.29) is 5.92 Å². The van der Waals surface area contributed by atoms with E-state index in [1.807, 2.05) is 13.8 Å². The zero-order chi connectivity index (χ0) is 12.6. The Hall–Kier alpha value is -1.91. The lowest BCUT2D eigenvalue weighted by atomic mass is 10.2. The Balaban J connectivity index is 2.59. The van der Waals surface area contributed by atoms with Gasteiger partial charge in [0.25, 0.3) is 0 Å². The Morgan fingerprint density at radius 2 is 2.06 bits per heavy atom. The zero-order valence-electron chi connectivity index (χ0n) is 10.1. The Morgan fingerprint density at radius 3 is 2.65 bits per heavy atom. The number of nitrogens with two attached hydrogens (primary N) is 1. The standard InChI is InChI=1S/C12H15FN4/c1-7(2)12-15-8(3)16-17(12)11-5-4-9(14)6-10(11)13/h4-7H,14H2,1-3H3. The van der Waals surface area contributed by atoms with Gasteiger partial charge >= 0.3 is 0 Å². The summed E-state index contributed by atoms with van der Waals surface area (Å²) in [6.07, 6.45) is 0. The maximum absolute atomic E-state index is 13.8. The number of aryl methyl sites for hydroxylation is 1. The van der Waals surface area contributed by atoms with Crippen molar-refractivity contribution in [3.8, 4) is 5.69 Å². The van der Waals surface area contributed by atoms with Crippen molar-refractivity contribution in [2.45, 2.75) is 26.7 Å². The minimum absolute atomic E-state index is 0.174. The number of nitrogens with zero attached hydrogens (tertiary/aromatic N) is 3. The third-order valence-electron chi connectivity index (χ3n) is 2.45. The highest BCUT2D eigenvalue weighted by molar-refractivity contribution is 5.46. The Morgan fingerprint density at radius 1 is 1.35 bits per heavy atom. The van der Waals surface area contributed by atoms with Crippen LogP contribution in [0.5, 0.6) is 0 Å². The molecule has 2 rings (SSSR count). The molecule has 0 saturated heterocycles. The van der Waals surface area contributed by atoms with Gasteiger partial charge in [0.05, 0.1) is 0 Å². The summed E-state index contributed by atoms with van der Waals surface area (Å²) in [6.45, 7) is 5.78. The number of anilines is 1. The van der Waals surface area contributed by atoms with E-state index in [1.54, 1.807) is 19.1 Å². The highest BCUT2D eigenvalue weighted by Crippen LogP contribution is 2.21. The molecule has 0 spiro atoms. The van der Waals surface area contributed by atoms with E-state index in [9.17, 15) is 4.39 Å². The van der Waals surface area contributed by atoms with Crippen molar-refractivity contribution in [2.75, 3.05) is 5.73 Å². The first-order chi connectivity index (χ1) is 7.99. The molecule has 2 aromatic rings. The normalized spacial score (nSPS) is 11.1. The lowest BCUT2D eigenvalue weighted by molar-refractivity contribution is 0.600. The van der Waals surface area contributed by atoms with E-state index >= 15 is 0 Å². The summed E-state index contributed by atoms with van der Waals surface area (Å²) in [5, 5.41) is 4.22. The molecule has 1 aromatic heterocycles. The van der Waals surface area contributed by atoms with E-state index in [1.165, 1.54) is 10.7 Å². The van der Waals surface area contributed by atoms with E-state index in [0.29, 0.717) is 17.2 Å². The lowest BCUT2D eigenvalue weighted by Crippen LogP contribution is -2.07. The van der Waals surface area contributed by atoms with Crippen LogP contribution in [0.3, 0.4) is 0 Å². The topological polar surface area (TPSA) is 56.7 Å². The van der Waals surface area contributed by atoms with E-state index in [2.05, 4.69) is 10.1 Å². The van der Waals surface area contributed by atoms with Crippen LogP contribution in [0.2, 0.25) is 0 Å². The Bertz CT molecular complexity index is 545. The van der Waals surface area contributed by atoms with Crippen molar-refractivity contribution in [3.63, 3.8) is 0 Å². The molecule has 90 valence electrons. The number of benzene rings is 1. The second kappa shape index (κ2) is 4.16. The third-order valence-corrected chi connectivity index (χ3v) is 2.45. The molecule has 0 bridgehead atoms. The largest absolute Gasteiger partial charge is 0.399 e. The fourth-order valence-electron chi connectivity index (χ4n) is 1.68. The molecule has 0 saturated carbocycles. The molecule has 1 aromatic carbocycles. The van der Waals surface area contributed by atoms with Crippen molar-refractivity contribution in [1.82, 2.24) is 14.8 Å². The van der Waals surface area contributed by atoms with Crippen LogP contribution in [-0.4, -0.2) is 14.8 Å². The van der Waals surface area contributed by atoms with Gasteiger partial charge in [0.2, 0.25) is 0 Å². The predicted octanol–water partition coefficient (Wildman–Crippen LogP) is 2.42. The highest BCUT2D eigenvalue weighted by atomic mass is 19.1. The molecule has 0 unspecified atom stereocenters. The van der Waals surface area contributed by atoms with Crippen molar-refractivity contribution < 1.29 is 4.39 Å². The second-order valence-corrected chi connectivity index (χ2v) is 4.29. The second-order valence-electron chi connectivity index (χ2n) is 4.29. The third kappa shape index (κ3) is 2.13. The van der Waals surface area contributed by atoms with Gasteiger partial charge in [0.15, 0.2) is 5.82 Å². The summed E-state index contributed by atoms with van der Waals surface area (Å²) in [5.41, 5.74) is 6.30. The van der Waals surface area contributed by atoms with Crippen molar-refractivity contribution in [2.24, 2.45) is 0 Å². The quantitative estimate of drug-likeness (QED) is 0.812. The summed E-state index contributed by atoms with van der Waals surface area (Å²) < 4.78 is 15.4. The molecular weight excluding hydrogens is 219 g/mol. The highest BCUT2D eigenvalue weighted by Gasteiger charge is 2.15. The van der Waals surface area contributed by atoms with Gasteiger partial charge in [-0.1, -0.05) is 13.8 Å². The van der Waals surface area contributed by atoms with Crippen molar-refractivity contribution in [1.29, 1.82) is 0 Å². The van der Waals surface area contributed by atoms with Crippen molar-refractivity contribution in [3.05, 3.63) is 35.7 Å². The number of rotatable bonds is 2. The van der Waals surface area contributed by atoms with Crippen LogP contribution in [0.4, 0.5) is 10.1 Å². The van der Waals surface area contributed by atoms with Crippen LogP contribution in [0.1, 0.15) is 31.4 Å². The summed E-state index contributed by atoms with van der Waals surface area (Å²) >= 11 is 0. The zero-order valence-corrected chi connectivity index (χ0v) is 10.1. The summed E-state index contributed by atoms with van der Waals surface area (Å²) in [4.78, 5) is 4.30. The van der Waals surface area contributed by atoms with Crippen molar-refractivity contribution >= 4 is 5.69 Å². The first kappa shape index (κ1) is 11.6. The molecule has 0 aliphatic rings. The van der Waals surface area contributed by atoms with Gasteiger partial charge in [-0.25, -0.2) is 14.1 Å². The smallest absolute Gasteiger partial charge is 0.150 e. The molecule has 0 aliphatic carbocycles. The van der Waals surface area contributed by atoms with Crippen LogP contribution >= 0.6 is 0 Å². The SMILES string of the molecule is Cc1nc(C(C)C)n(-c2ccc(N)cc2F)n1. The molecule has 5 heteroatoms. The average molecular weight is 234 g/mol. The molecule has 4 nitrogen and oxygen atoms in total. The predicted molar refractivity (Wildman–Crippen MR) is 64.6 cm³/mol. The molecule has 0 radical (unpaired) electrons. The average Bonchev–Trinajstić information content (AvgIpc) is 2.60. The first-order valence-electron chi connectivity index (χ1n) is 5.48. The van der Waals surface area contributed by atoms with Gasteiger partial charge in [-0.15, -0.1) is 0 Å². The maximum Gasteiger partial charge on any atom is 0.150 e. The summed E-state index contributed by atoms with van der Waals surface area (Å²) in [7, 11) is 0. The van der Waals surface area contributed by atoms with E-state index in [4.69, 9.17) is 5.73 Å². The lowest BCUT2D eigenvalue weighted by Gasteiger charge is -2.09. The molecule has 2 N–H and O–H groups in total. The summed E-state index contributed by atoms with van der Waals surface area (Å²) in [6, 6.07) is 4.56. The molecule has 1 heterocycles. The molecule has 0 amide bonds. The monoisotopic (exact) mass is 234 g/mol. The molecule has 0 aliphatic heterocycles. The minimum Gasteiger partial charge on any atom is -0.399 e. The number of hydrogen-bond acceptors (Lipinski definition) is 3. The van der Waals surface area contributed by atoms with Crippen LogP contribution in [0.15, 0.2) is 18.2 Å². The Kier molecular flexibility index (Phi) is 2.83. The number of aromatic nitrogens is 3. The van der Waals surface area contributed by atoms with Gasteiger partial charge in [0.1, 0.15) is 17.3 Å². The fourth-order valence-corrected chi connectivity index (χ4v) is 1.68. The van der Waals surface area contributed by atoms with Crippen LogP contribution in [-0.2, 0) is 0 Å². The fraction of sp³-hybridized carbons (Fsp3) is 0.333. The van der Waals surface area contributed by atoms with Gasteiger partial charge in [0, 0.05) is 11.6 Å². The van der Waals surface area contributed by atoms with Crippen LogP contribution in [0, 0.1) is 12.7 Å². The maximum atomic E-state index is 13.8. The van der Waals surface area contributed by atoms with Crippen LogP contribution in [0.25, 0.3) is 5.69 Å². The van der Waals surface area contributed by atoms with Gasteiger partial charge in [-0.2, -0.15) is 5.10 Å². The van der Waals surface area contributed by atoms with E-state index in [0.717, 1.165) is 5.82 Å². The number of hydrogen-bond donors (Lipinski definition) is 1. The Labute approximate surface area is 99.3 Å². The molecular formula is C12H15FN4. The molecule has 0 atom stereocenters. The molecule has 0 fully saturated rings. The summed E-state index contributed by atoms with van der Waals surface area (Å²) in [5.74, 6) is 1.15. The number of nitrogen functional groups attached to an aromatic ring is 1. The van der Waals surface area contributed by atoms with Gasteiger partial charge < -0.3 is 5.73 Å². The van der Waals surface area contributed by atoms with Crippen LogP contribution < -0.4 is 5.73 Å². The first-order valence-corrected chi connectivity index (χ1v) is 5.48. The van der Waals surface area contributed by atoms with Gasteiger partial charge in [-0.3, -0.25) is 0 Å². The number of halogens is 1.